The number of carbonyl (C=O) groups excluding carboxylic acids is 1. The molecule has 38 heavy (non-hydrogen) atoms. The van der Waals surface area contributed by atoms with Gasteiger partial charge in [0.15, 0.2) is 6.29 Å². The van der Waals surface area contributed by atoms with Crippen molar-refractivity contribution in [2.45, 2.75) is 36.9 Å². The molecule has 1 amide bonds. The minimum Gasteiger partial charge on any atom is -0.392 e. The van der Waals surface area contributed by atoms with Crippen LogP contribution in [-0.4, -0.2) is 22.9 Å². The van der Waals surface area contributed by atoms with E-state index in [1.54, 1.807) is 23.9 Å². The van der Waals surface area contributed by atoms with Gasteiger partial charge in [-0.3, -0.25) is 4.79 Å². The molecule has 194 valence electrons. The number of thioether (sulfide) groups is 1. The lowest BCUT2D eigenvalue weighted by Crippen LogP contribution is -2.38. The lowest BCUT2D eigenvalue weighted by Gasteiger charge is -2.41. The van der Waals surface area contributed by atoms with E-state index >= 15 is 0 Å². The number of anilines is 1. The number of rotatable bonds is 8. The summed E-state index contributed by atoms with van der Waals surface area (Å²) in [5.74, 6) is 0.713. The monoisotopic (exact) mass is 525 g/mol. The first kappa shape index (κ1) is 26.2. The van der Waals surface area contributed by atoms with Gasteiger partial charge in [0.05, 0.1) is 18.8 Å². The molecule has 4 aromatic carbocycles. The Hall–Kier alpha value is -3.42. The summed E-state index contributed by atoms with van der Waals surface area (Å²) in [4.78, 5) is 13.9. The van der Waals surface area contributed by atoms with Crippen LogP contribution in [0.5, 0.6) is 0 Å². The quantitative estimate of drug-likeness (QED) is 0.242. The minimum atomic E-state index is -0.594. The van der Waals surface area contributed by atoms with Crippen molar-refractivity contribution in [2.24, 2.45) is 5.92 Å². The fraction of sp³-hybridized carbons (Fsp3) is 0.219. The topological polar surface area (TPSA) is 67.8 Å². The Labute approximate surface area is 227 Å². The molecule has 5 rings (SSSR count). The predicted molar refractivity (Wildman–Crippen MR) is 151 cm³/mol. The first-order chi connectivity index (χ1) is 18.6. The van der Waals surface area contributed by atoms with Crippen LogP contribution >= 0.6 is 11.8 Å². The Morgan fingerprint density at radius 3 is 2.26 bits per heavy atom. The lowest BCUT2D eigenvalue weighted by atomic mass is 9.91. The maximum atomic E-state index is 12.7. The molecule has 1 aliphatic heterocycles. The van der Waals surface area contributed by atoms with Gasteiger partial charge in [0.25, 0.3) is 5.91 Å². The van der Waals surface area contributed by atoms with E-state index in [4.69, 9.17) is 9.47 Å². The lowest BCUT2D eigenvalue weighted by molar-refractivity contribution is -0.268. The smallest absolute Gasteiger partial charge is 0.255 e. The van der Waals surface area contributed by atoms with Gasteiger partial charge < -0.3 is 19.9 Å². The van der Waals surface area contributed by atoms with Crippen molar-refractivity contribution in [3.63, 3.8) is 0 Å². The second-order valence-corrected chi connectivity index (χ2v) is 10.5. The van der Waals surface area contributed by atoms with Crippen LogP contribution in [0, 0.1) is 5.92 Å². The number of aliphatic hydroxyl groups excluding tert-OH is 1. The summed E-state index contributed by atoms with van der Waals surface area (Å²) in [6.07, 6.45) is -0.849. The van der Waals surface area contributed by atoms with E-state index < -0.39 is 6.29 Å². The third kappa shape index (κ3) is 6.34. The van der Waals surface area contributed by atoms with Crippen LogP contribution in [0.4, 0.5) is 5.69 Å². The van der Waals surface area contributed by atoms with Crippen molar-refractivity contribution in [3.8, 4) is 0 Å². The van der Waals surface area contributed by atoms with Crippen molar-refractivity contribution in [3.05, 3.63) is 131 Å². The maximum Gasteiger partial charge on any atom is 0.255 e. The normalized spacial score (nSPS) is 21.1. The summed E-state index contributed by atoms with van der Waals surface area (Å²) in [5, 5.41) is 12.5. The van der Waals surface area contributed by atoms with Gasteiger partial charge in [-0.2, -0.15) is 0 Å². The minimum absolute atomic E-state index is 0.00489. The average molecular weight is 526 g/mol. The molecule has 4 atom stereocenters. The molecule has 2 N–H and O–H groups in total. The highest BCUT2D eigenvalue weighted by Gasteiger charge is 2.38. The zero-order valence-corrected chi connectivity index (χ0v) is 22.0. The Kier molecular flexibility index (Phi) is 8.56. The number of nitrogens with one attached hydrogen (secondary N) is 1. The average Bonchev–Trinajstić information content (AvgIpc) is 2.98. The Balaban J connectivity index is 1.38. The largest absolute Gasteiger partial charge is 0.392 e. The van der Waals surface area contributed by atoms with Crippen molar-refractivity contribution in [1.82, 2.24) is 0 Å². The molecule has 0 aromatic heterocycles. The molecule has 5 nitrogen and oxygen atoms in total. The van der Waals surface area contributed by atoms with Crippen LogP contribution in [0.15, 0.2) is 114 Å². The highest BCUT2D eigenvalue weighted by Crippen LogP contribution is 2.43. The van der Waals surface area contributed by atoms with Crippen LogP contribution in [0.2, 0.25) is 0 Å². The number of hydrogen-bond acceptors (Lipinski definition) is 5. The zero-order valence-electron chi connectivity index (χ0n) is 21.2. The molecule has 0 saturated carbocycles. The second-order valence-electron chi connectivity index (χ2n) is 9.39. The number of hydrogen-bond donors (Lipinski definition) is 2. The van der Waals surface area contributed by atoms with E-state index in [1.165, 1.54) is 4.90 Å². The van der Waals surface area contributed by atoms with Gasteiger partial charge in [-0.05, 0) is 47.5 Å². The third-order valence-electron chi connectivity index (χ3n) is 6.73. The molecule has 0 radical (unpaired) electrons. The highest BCUT2D eigenvalue weighted by molar-refractivity contribution is 7.99. The van der Waals surface area contributed by atoms with E-state index in [0.717, 1.165) is 22.4 Å². The van der Waals surface area contributed by atoms with Crippen LogP contribution in [0.25, 0.3) is 0 Å². The molecule has 6 heteroatoms. The van der Waals surface area contributed by atoms with Gasteiger partial charge >= 0.3 is 0 Å². The van der Waals surface area contributed by atoms with Crippen molar-refractivity contribution >= 4 is 23.4 Å². The van der Waals surface area contributed by atoms with Gasteiger partial charge in [0, 0.05) is 33.4 Å². The molecule has 0 spiro atoms. The van der Waals surface area contributed by atoms with E-state index in [-0.39, 0.29) is 30.6 Å². The number of benzene rings is 4. The summed E-state index contributed by atoms with van der Waals surface area (Å²) >= 11 is 1.77. The highest BCUT2D eigenvalue weighted by atomic mass is 32.2. The van der Waals surface area contributed by atoms with Gasteiger partial charge in [-0.25, -0.2) is 0 Å². The van der Waals surface area contributed by atoms with E-state index in [9.17, 15) is 9.90 Å². The molecule has 1 saturated heterocycles. The van der Waals surface area contributed by atoms with E-state index in [1.807, 2.05) is 84.9 Å². The predicted octanol–water partition coefficient (Wildman–Crippen LogP) is 7.01. The SMILES string of the molecule is CC1C(CSc2ccccc2)OC(c2cccc(NC(=O)c3ccccc3)c2)OC1c1ccc(CO)cc1. The molecule has 4 aromatic rings. The summed E-state index contributed by atoms with van der Waals surface area (Å²) in [6, 6.07) is 35.0. The van der Waals surface area contributed by atoms with Gasteiger partial charge in [-0.1, -0.05) is 79.7 Å². The summed E-state index contributed by atoms with van der Waals surface area (Å²) in [7, 11) is 0. The molecule has 4 unspecified atom stereocenters. The summed E-state index contributed by atoms with van der Waals surface area (Å²) < 4.78 is 13.1. The molecule has 0 aliphatic carbocycles. The van der Waals surface area contributed by atoms with Gasteiger partial charge in [0.1, 0.15) is 0 Å². The number of aliphatic hydroxyl groups is 1. The third-order valence-corrected chi connectivity index (χ3v) is 7.83. The zero-order chi connectivity index (χ0) is 26.3. The standard InChI is InChI=1S/C32H31NO4S/c1-22-29(21-38-28-13-6-3-7-14-28)36-32(37-30(22)24-17-15-23(20-34)16-18-24)26-11-8-12-27(19-26)33-31(35)25-9-4-2-5-10-25/h2-19,22,29-30,32,34H,20-21H2,1H3,(H,33,35). The van der Waals surface area contributed by atoms with Crippen LogP contribution in [-0.2, 0) is 16.1 Å². The van der Waals surface area contributed by atoms with Crippen LogP contribution in [0.1, 0.15) is 46.4 Å². The van der Waals surface area contributed by atoms with Crippen molar-refractivity contribution in [1.29, 1.82) is 0 Å². The first-order valence-corrected chi connectivity index (χ1v) is 13.7. The first-order valence-electron chi connectivity index (χ1n) is 12.8. The van der Waals surface area contributed by atoms with Crippen molar-refractivity contribution in [2.75, 3.05) is 11.1 Å². The number of amides is 1. The molecule has 0 bridgehead atoms. The van der Waals surface area contributed by atoms with Gasteiger partial charge in [-0.15, -0.1) is 11.8 Å². The number of ether oxygens (including phenoxy) is 2. The Morgan fingerprint density at radius 1 is 0.842 bits per heavy atom. The molecule has 1 heterocycles. The van der Waals surface area contributed by atoms with E-state index in [0.29, 0.717) is 11.3 Å². The number of carbonyl (C=O) groups is 1. The van der Waals surface area contributed by atoms with Gasteiger partial charge in [0.2, 0.25) is 0 Å². The van der Waals surface area contributed by atoms with Crippen LogP contribution < -0.4 is 5.32 Å². The molecule has 1 fully saturated rings. The second kappa shape index (κ2) is 12.4. The molecule has 1 aliphatic rings. The Morgan fingerprint density at radius 2 is 1.55 bits per heavy atom. The maximum absolute atomic E-state index is 12.7. The van der Waals surface area contributed by atoms with E-state index in [2.05, 4.69) is 24.4 Å². The fourth-order valence-corrected chi connectivity index (χ4v) is 5.65. The van der Waals surface area contributed by atoms with Crippen LogP contribution in [0.3, 0.4) is 0 Å². The summed E-state index contributed by atoms with van der Waals surface area (Å²) in [5.41, 5.74) is 4.03. The Bertz CT molecular complexity index is 1330. The molecular formula is C32H31NO4S. The summed E-state index contributed by atoms with van der Waals surface area (Å²) in [6.45, 7) is 2.17. The van der Waals surface area contributed by atoms with Crippen molar-refractivity contribution < 1.29 is 19.4 Å². The fourth-order valence-electron chi connectivity index (χ4n) is 4.56. The molecular weight excluding hydrogens is 494 g/mol.